The van der Waals surface area contributed by atoms with Gasteiger partial charge in [-0.25, -0.2) is 8.78 Å². The molecular weight excluding hydrogens is 254 g/mol. The highest BCUT2D eigenvalue weighted by atomic mass is 32.2. The first-order valence-electron chi connectivity index (χ1n) is 5.27. The van der Waals surface area contributed by atoms with Gasteiger partial charge in [0, 0.05) is 10.5 Å². The number of rotatable bonds is 3. The van der Waals surface area contributed by atoms with Gasteiger partial charge in [0.05, 0.1) is 5.56 Å². The van der Waals surface area contributed by atoms with Gasteiger partial charge in [0.1, 0.15) is 5.82 Å². The van der Waals surface area contributed by atoms with Crippen LogP contribution in [0.25, 0.3) is 0 Å². The standard InChI is InChI=1S/C14H10F2OS/c1-18-11-8-7-10(15)12(13(11)16)14(17)9-5-3-2-4-6-9/h2-8H,1H3. The summed E-state index contributed by atoms with van der Waals surface area (Å²) < 4.78 is 27.6. The van der Waals surface area contributed by atoms with Crippen LogP contribution in [0.5, 0.6) is 0 Å². The van der Waals surface area contributed by atoms with E-state index in [0.29, 0.717) is 0 Å². The Hall–Kier alpha value is -1.68. The van der Waals surface area contributed by atoms with Gasteiger partial charge in [0.25, 0.3) is 0 Å². The first-order valence-corrected chi connectivity index (χ1v) is 6.49. The van der Waals surface area contributed by atoms with Crippen LogP contribution in [0.3, 0.4) is 0 Å². The summed E-state index contributed by atoms with van der Waals surface area (Å²) in [5.41, 5.74) is -0.221. The van der Waals surface area contributed by atoms with E-state index in [1.54, 1.807) is 24.5 Å². The van der Waals surface area contributed by atoms with E-state index in [4.69, 9.17) is 0 Å². The molecule has 0 spiro atoms. The van der Waals surface area contributed by atoms with Gasteiger partial charge in [0.2, 0.25) is 0 Å². The van der Waals surface area contributed by atoms with Gasteiger partial charge in [-0.3, -0.25) is 4.79 Å². The van der Waals surface area contributed by atoms with Gasteiger partial charge in [-0.05, 0) is 18.4 Å². The number of halogens is 2. The number of hydrogen-bond donors (Lipinski definition) is 0. The minimum atomic E-state index is -0.834. The minimum Gasteiger partial charge on any atom is -0.288 e. The molecule has 0 saturated carbocycles. The van der Waals surface area contributed by atoms with Crippen LogP contribution in [0.1, 0.15) is 15.9 Å². The van der Waals surface area contributed by atoms with Crippen molar-refractivity contribution in [2.24, 2.45) is 0 Å². The summed E-state index contributed by atoms with van der Waals surface area (Å²) >= 11 is 1.14. The first kappa shape index (κ1) is 12.8. The maximum atomic E-state index is 14.0. The fourth-order valence-corrected chi connectivity index (χ4v) is 2.12. The lowest BCUT2D eigenvalue weighted by Crippen LogP contribution is -2.08. The van der Waals surface area contributed by atoms with Crippen molar-refractivity contribution >= 4 is 17.5 Å². The van der Waals surface area contributed by atoms with Crippen LogP contribution in [-0.4, -0.2) is 12.0 Å². The maximum absolute atomic E-state index is 14.0. The average molecular weight is 264 g/mol. The van der Waals surface area contributed by atoms with E-state index in [9.17, 15) is 13.6 Å². The molecule has 0 bridgehead atoms. The highest BCUT2D eigenvalue weighted by Crippen LogP contribution is 2.25. The van der Waals surface area contributed by atoms with Gasteiger partial charge < -0.3 is 0 Å². The van der Waals surface area contributed by atoms with Gasteiger partial charge in [-0.1, -0.05) is 30.3 Å². The van der Waals surface area contributed by atoms with Crippen molar-refractivity contribution < 1.29 is 13.6 Å². The highest BCUT2D eigenvalue weighted by Gasteiger charge is 2.21. The molecule has 0 aliphatic rings. The Bertz CT molecular complexity index is 582. The van der Waals surface area contributed by atoms with Crippen LogP contribution in [0.2, 0.25) is 0 Å². The summed E-state index contributed by atoms with van der Waals surface area (Å²) in [4.78, 5) is 12.3. The second-order valence-corrected chi connectivity index (χ2v) is 4.48. The molecule has 92 valence electrons. The summed E-state index contributed by atoms with van der Waals surface area (Å²) in [7, 11) is 0. The molecule has 0 aliphatic heterocycles. The molecule has 0 atom stereocenters. The van der Waals surface area contributed by atoms with Crippen molar-refractivity contribution in [2.75, 3.05) is 6.26 Å². The molecule has 0 aliphatic carbocycles. The molecule has 18 heavy (non-hydrogen) atoms. The fourth-order valence-electron chi connectivity index (χ4n) is 1.63. The average Bonchev–Trinajstić information content (AvgIpc) is 2.40. The summed E-state index contributed by atoms with van der Waals surface area (Å²) in [6.45, 7) is 0. The van der Waals surface area contributed by atoms with E-state index in [2.05, 4.69) is 0 Å². The highest BCUT2D eigenvalue weighted by molar-refractivity contribution is 7.98. The molecule has 4 heteroatoms. The second kappa shape index (κ2) is 5.31. The first-order chi connectivity index (χ1) is 8.65. The summed E-state index contributed by atoms with van der Waals surface area (Å²) in [5, 5.41) is 0. The van der Waals surface area contributed by atoms with Crippen LogP contribution in [0, 0.1) is 11.6 Å². The molecule has 2 aromatic rings. The third-order valence-corrected chi connectivity index (χ3v) is 3.29. The minimum absolute atomic E-state index is 0.260. The zero-order valence-electron chi connectivity index (χ0n) is 9.61. The summed E-state index contributed by atoms with van der Waals surface area (Å²) in [6.07, 6.45) is 1.67. The molecular formula is C14H10F2OS. The molecule has 0 N–H and O–H groups in total. The van der Waals surface area contributed by atoms with E-state index >= 15 is 0 Å². The van der Waals surface area contributed by atoms with Gasteiger partial charge in [-0.2, -0.15) is 0 Å². The zero-order chi connectivity index (χ0) is 13.1. The van der Waals surface area contributed by atoms with Crippen LogP contribution in [-0.2, 0) is 0 Å². The predicted molar refractivity (Wildman–Crippen MR) is 68.0 cm³/mol. The van der Waals surface area contributed by atoms with Gasteiger partial charge in [0.15, 0.2) is 11.6 Å². The van der Waals surface area contributed by atoms with E-state index in [0.717, 1.165) is 17.8 Å². The zero-order valence-corrected chi connectivity index (χ0v) is 10.4. The smallest absolute Gasteiger partial charge is 0.198 e. The number of hydrogen-bond acceptors (Lipinski definition) is 2. The normalized spacial score (nSPS) is 10.4. The topological polar surface area (TPSA) is 17.1 Å². The van der Waals surface area contributed by atoms with E-state index in [-0.39, 0.29) is 10.5 Å². The summed E-state index contributed by atoms with van der Waals surface area (Å²) in [5.74, 6) is -2.27. The Morgan fingerprint density at radius 1 is 1.06 bits per heavy atom. The molecule has 2 aromatic carbocycles. The molecule has 2 rings (SSSR count). The molecule has 0 fully saturated rings. The molecule has 0 unspecified atom stereocenters. The van der Waals surface area contributed by atoms with Crippen LogP contribution < -0.4 is 0 Å². The van der Waals surface area contributed by atoms with Crippen LogP contribution in [0.4, 0.5) is 8.78 Å². The van der Waals surface area contributed by atoms with Crippen LogP contribution in [0.15, 0.2) is 47.4 Å². The van der Waals surface area contributed by atoms with Crippen molar-refractivity contribution in [3.8, 4) is 0 Å². The summed E-state index contributed by atoms with van der Waals surface area (Å²) in [6, 6.07) is 10.6. The Kier molecular flexibility index (Phi) is 3.77. The van der Waals surface area contributed by atoms with Crippen LogP contribution >= 0.6 is 11.8 Å². The largest absolute Gasteiger partial charge is 0.288 e. The number of ketones is 1. The number of carbonyl (C=O) groups excluding carboxylic acids is 1. The molecule has 0 amide bonds. The van der Waals surface area contributed by atoms with E-state index < -0.39 is 23.0 Å². The Balaban J connectivity index is 2.55. The van der Waals surface area contributed by atoms with Crippen molar-refractivity contribution in [3.63, 3.8) is 0 Å². The fraction of sp³-hybridized carbons (Fsp3) is 0.0714. The van der Waals surface area contributed by atoms with Crippen molar-refractivity contribution in [2.45, 2.75) is 4.90 Å². The quantitative estimate of drug-likeness (QED) is 0.617. The SMILES string of the molecule is CSc1ccc(F)c(C(=O)c2ccccc2)c1F. The number of benzene rings is 2. The predicted octanol–water partition coefficient (Wildman–Crippen LogP) is 3.92. The van der Waals surface area contributed by atoms with Crippen molar-refractivity contribution in [1.29, 1.82) is 0 Å². The van der Waals surface area contributed by atoms with Gasteiger partial charge in [-0.15, -0.1) is 11.8 Å². The second-order valence-electron chi connectivity index (χ2n) is 3.63. The Morgan fingerprint density at radius 2 is 1.72 bits per heavy atom. The van der Waals surface area contributed by atoms with E-state index in [1.165, 1.54) is 18.2 Å². The monoisotopic (exact) mass is 264 g/mol. The maximum Gasteiger partial charge on any atom is 0.198 e. The third-order valence-electron chi connectivity index (χ3n) is 2.54. The molecule has 1 nitrogen and oxygen atoms in total. The van der Waals surface area contributed by atoms with Crippen molar-refractivity contribution in [1.82, 2.24) is 0 Å². The number of thioether (sulfide) groups is 1. The molecule has 0 saturated heterocycles. The molecule has 0 aromatic heterocycles. The molecule has 0 heterocycles. The third kappa shape index (κ3) is 2.29. The lowest BCUT2D eigenvalue weighted by atomic mass is 10.0. The molecule has 0 radical (unpaired) electrons. The Morgan fingerprint density at radius 3 is 2.33 bits per heavy atom. The number of carbonyl (C=O) groups is 1. The lowest BCUT2D eigenvalue weighted by molar-refractivity contribution is 0.103. The lowest BCUT2D eigenvalue weighted by Gasteiger charge is -2.07. The van der Waals surface area contributed by atoms with E-state index in [1.807, 2.05) is 0 Å². The van der Waals surface area contributed by atoms with Crippen molar-refractivity contribution in [3.05, 3.63) is 65.2 Å². The van der Waals surface area contributed by atoms with Gasteiger partial charge >= 0.3 is 0 Å². The Labute approximate surface area is 108 Å².